The van der Waals surface area contributed by atoms with Crippen molar-refractivity contribution in [3.05, 3.63) is 59.9 Å². The molecule has 2 atom stereocenters. The van der Waals surface area contributed by atoms with E-state index < -0.39 is 6.04 Å². The monoisotopic (exact) mass is 507 g/mol. The number of aromatic nitrogens is 2. The SMILES string of the molecule is COCCCn1c(C2CCCN(C(=O)CC(N)CNC(=O)c3ccccc3OC)C2)nc2ccccc21. The van der Waals surface area contributed by atoms with E-state index >= 15 is 0 Å². The normalized spacial score (nSPS) is 16.5. The number of carbonyl (C=O) groups is 2. The van der Waals surface area contributed by atoms with Gasteiger partial charge in [0.2, 0.25) is 5.91 Å². The van der Waals surface area contributed by atoms with Crippen LogP contribution in [0.3, 0.4) is 0 Å². The van der Waals surface area contributed by atoms with E-state index in [2.05, 4.69) is 16.0 Å². The molecule has 2 heterocycles. The molecule has 2 unspecified atom stereocenters. The molecule has 0 bridgehead atoms. The molecule has 1 saturated heterocycles. The molecule has 2 amide bonds. The van der Waals surface area contributed by atoms with Crippen LogP contribution in [-0.2, 0) is 16.1 Å². The van der Waals surface area contributed by atoms with Gasteiger partial charge in [0.05, 0.1) is 23.7 Å². The van der Waals surface area contributed by atoms with Gasteiger partial charge in [-0.2, -0.15) is 0 Å². The van der Waals surface area contributed by atoms with Crippen LogP contribution in [0.2, 0.25) is 0 Å². The van der Waals surface area contributed by atoms with Crippen molar-refractivity contribution >= 4 is 22.8 Å². The Labute approximate surface area is 217 Å². The van der Waals surface area contributed by atoms with Crippen LogP contribution in [0.5, 0.6) is 5.75 Å². The van der Waals surface area contributed by atoms with Gasteiger partial charge in [-0.25, -0.2) is 4.98 Å². The van der Waals surface area contributed by atoms with Crippen molar-refractivity contribution < 1.29 is 19.1 Å². The number of imidazole rings is 1. The maximum absolute atomic E-state index is 13.1. The van der Waals surface area contributed by atoms with Crippen LogP contribution < -0.4 is 15.8 Å². The molecule has 3 aromatic rings. The number of nitrogens with one attached hydrogen (secondary N) is 1. The molecular formula is C28H37N5O4. The van der Waals surface area contributed by atoms with Crippen LogP contribution in [0.15, 0.2) is 48.5 Å². The highest BCUT2D eigenvalue weighted by atomic mass is 16.5. The van der Waals surface area contributed by atoms with Crippen LogP contribution in [0, 0.1) is 0 Å². The maximum Gasteiger partial charge on any atom is 0.255 e. The van der Waals surface area contributed by atoms with E-state index in [9.17, 15) is 9.59 Å². The van der Waals surface area contributed by atoms with E-state index in [0.29, 0.717) is 31.0 Å². The minimum Gasteiger partial charge on any atom is -0.496 e. The number of aryl methyl sites for hydroxylation is 1. The summed E-state index contributed by atoms with van der Waals surface area (Å²) < 4.78 is 12.8. The maximum atomic E-state index is 13.1. The van der Waals surface area contributed by atoms with Crippen molar-refractivity contribution in [2.24, 2.45) is 5.73 Å². The second-order valence-corrected chi connectivity index (χ2v) is 9.51. The summed E-state index contributed by atoms with van der Waals surface area (Å²) in [5.74, 6) is 1.42. The van der Waals surface area contributed by atoms with E-state index in [1.807, 2.05) is 23.1 Å². The summed E-state index contributed by atoms with van der Waals surface area (Å²) >= 11 is 0. The van der Waals surface area contributed by atoms with Gasteiger partial charge >= 0.3 is 0 Å². The lowest BCUT2D eigenvalue weighted by Gasteiger charge is -2.33. The number of nitrogens with zero attached hydrogens (tertiary/aromatic N) is 3. The van der Waals surface area contributed by atoms with Crippen molar-refractivity contribution in [1.29, 1.82) is 0 Å². The van der Waals surface area contributed by atoms with Crippen molar-refractivity contribution in [2.75, 3.05) is 40.5 Å². The minimum absolute atomic E-state index is 0.00536. The standard InChI is InChI=1S/C28H37N5O4/c1-36-16-8-15-33-24-12-5-4-11-23(24)31-27(33)20-9-7-14-32(19-20)26(34)17-21(29)18-30-28(35)22-10-3-6-13-25(22)37-2/h3-6,10-13,20-21H,7-9,14-19,29H2,1-2H3,(H,30,35). The van der Waals surface area contributed by atoms with Crippen molar-refractivity contribution in [3.8, 4) is 5.75 Å². The lowest BCUT2D eigenvalue weighted by molar-refractivity contribution is -0.132. The van der Waals surface area contributed by atoms with E-state index in [1.165, 1.54) is 7.11 Å². The molecule has 0 saturated carbocycles. The van der Waals surface area contributed by atoms with Crippen molar-refractivity contribution in [2.45, 2.75) is 44.2 Å². The topological polar surface area (TPSA) is 112 Å². The second-order valence-electron chi connectivity index (χ2n) is 9.51. The predicted octanol–water partition coefficient (Wildman–Crippen LogP) is 2.93. The number of rotatable bonds is 11. The second kappa shape index (κ2) is 12.7. The highest BCUT2D eigenvalue weighted by Crippen LogP contribution is 2.30. The molecule has 0 spiro atoms. The lowest BCUT2D eigenvalue weighted by atomic mass is 9.96. The number of ether oxygens (including phenoxy) is 2. The molecule has 0 aliphatic carbocycles. The fourth-order valence-corrected chi connectivity index (χ4v) is 5.00. The molecule has 1 fully saturated rings. The van der Waals surface area contributed by atoms with Crippen LogP contribution in [0.1, 0.15) is 47.8 Å². The number of piperidine rings is 1. The van der Waals surface area contributed by atoms with E-state index in [-0.39, 0.29) is 30.7 Å². The Kier molecular flexibility index (Phi) is 9.14. The summed E-state index contributed by atoms with van der Waals surface area (Å²) in [5, 5.41) is 2.82. The zero-order valence-electron chi connectivity index (χ0n) is 21.7. The van der Waals surface area contributed by atoms with Crippen molar-refractivity contribution in [1.82, 2.24) is 19.8 Å². The van der Waals surface area contributed by atoms with Gasteiger partial charge in [-0.3, -0.25) is 9.59 Å². The fraction of sp³-hybridized carbons (Fsp3) is 0.464. The third kappa shape index (κ3) is 6.47. The third-order valence-corrected chi connectivity index (χ3v) is 6.87. The molecular weight excluding hydrogens is 470 g/mol. The highest BCUT2D eigenvalue weighted by Gasteiger charge is 2.29. The Morgan fingerprint density at radius 3 is 2.76 bits per heavy atom. The van der Waals surface area contributed by atoms with Gasteiger partial charge in [0, 0.05) is 58.3 Å². The van der Waals surface area contributed by atoms with Crippen LogP contribution in [-0.4, -0.2) is 72.8 Å². The van der Waals surface area contributed by atoms with Gasteiger partial charge in [-0.05, 0) is 43.5 Å². The number of likely N-dealkylation sites (tertiary alicyclic amines) is 1. The zero-order chi connectivity index (χ0) is 26.2. The lowest BCUT2D eigenvalue weighted by Crippen LogP contribution is -2.45. The van der Waals surface area contributed by atoms with Gasteiger partial charge in [-0.15, -0.1) is 0 Å². The number of hydrogen-bond donors (Lipinski definition) is 2. The number of methoxy groups -OCH3 is 2. The molecule has 3 N–H and O–H groups in total. The van der Waals surface area contributed by atoms with Gasteiger partial charge in [-0.1, -0.05) is 24.3 Å². The largest absolute Gasteiger partial charge is 0.496 e. The average molecular weight is 508 g/mol. The van der Waals surface area contributed by atoms with Crippen LogP contribution in [0.4, 0.5) is 0 Å². The van der Waals surface area contributed by atoms with Crippen molar-refractivity contribution in [3.63, 3.8) is 0 Å². The Hall–Kier alpha value is -3.43. The number of hydrogen-bond acceptors (Lipinski definition) is 6. The first kappa shape index (κ1) is 26.6. The molecule has 0 radical (unpaired) electrons. The van der Waals surface area contributed by atoms with E-state index in [0.717, 1.165) is 42.7 Å². The summed E-state index contributed by atoms with van der Waals surface area (Å²) in [6.45, 7) is 3.04. The molecule has 37 heavy (non-hydrogen) atoms. The van der Waals surface area contributed by atoms with Gasteiger partial charge in [0.25, 0.3) is 5.91 Å². The fourth-order valence-electron chi connectivity index (χ4n) is 5.00. The Balaban J connectivity index is 1.36. The van der Waals surface area contributed by atoms with Crippen LogP contribution in [0.25, 0.3) is 11.0 Å². The highest BCUT2D eigenvalue weighted by molar-refractivity contribution is 5.97. The average Bonchev–Trinajstić information content (AvgIpc) is 3.30. The number of para-hydroxylation sites is 3. The molecule has 1 aromatic heterocycles. The first-order chi connectivity index (χ1) is 18.0. The Morgan fingerprint density at radius 1 is 1.16 bits per heavy atom. The zero-order valence-corrected chi connectivity index (χ0v) is 21.7. The summed E-state index contributed by atoms with van der Waals surface area (Å²) in [6, 6.07) is 14.7. The first-order valence-corrected chi connectivity index (χ1v) is 12.9. The molecule has 9 heteroatoms. The quantitative estimate of drug-likeness (QED) is 0.386. The van der Waals surface area contributed by atoms with Gasteiger partial charge < -0.3 is 30.0 Å². The molecule has 9 nitrogen and oxygen atoms in total. The molecule has 1 aliphatic rings. The number of benzene rings is 2. The number of nitrogens with two attached hydrogens (primary N) is 1. The number of amides is 2. The van der Waals surface area contributed by atoms with E-state index in [1.54, 1.807) is 31.4 Å². The first-order valence-electron chi connectivity index (χ1n) is 12.9. The van der Waals surface area contributed by atoms with Gasteiger partial charge in [0.15, 0.2) is 0 Å². The smallest absolute Gasteiger partial charge is 0.255 e. The molecule has 2 aromatic carbocycles. The predicted molar refractivity (Wildman–Crippen MR) is 143 cm³/mol. The number of fused-ring (bicyclic) bond motifs is 1. The Bertz CT molecular complexity index is 1210. The van der Waals surface area contributed by atoms with Crippen LogP contribution >= 0.6 is 0 Å². The minimum atomic E-state index is -0.481. The summed E-state index contributed by atoms with van der Waals surface area (Å²) in [7, 11) is 3.24. The Morgan fingerprint density at radius 2 is 1.95 bits per heavy atom. The molecule has 198 valence electrons. The summed E-state index contributed by atoms with van der Waals surface area (Å²) in [4.78, 5) is 32.6. The third-order valence-electron chi connectivity index (χ3n) is 6.87. The van der Waals surface area contributed by atoms with Gasteiger partial charge in [0.1, 0.15) is 11.6 Å². The molecule has 1 aliphatic heterocycles. The molecule has 4 rings (SSSR count). The number of carbonyl (C=O) groups excluding carboxylic acids is 2. The summed E-state index contributed by atoms with van der Waals surface area (Å²) in [5.41, 5.74) is 8.78. The van der Waals surface area contributed by atoms with E-state index in [4.69, 9.17) is 20.2 Å². The summed E-state index contributed by atoms with van der Waals surface area (Å²) in [6.07, 6.45) is 2.97.